The number of benzene rings is 2. The number of aryl methyl sites for hydroxylation is 1. The van der Waals surface area contributed by atoms with E-state index in [0.717, 1.165) is 5.56 Å². The number of carbonyl (C=O) groups excluding carboxylic acids is 2. The first-order valence-corrected chi connectivity index (χ1v) is 9.92. The number of rotatable bonds is 3. The van der Waals surface area contributed by atoms with Crippen molar-refractivity contribution in [2.45, 2.75) is 41.0 Å². The maximum atomic E-state index is 14.0. The van der Waals surface area contributed by atoms with Gasteiger partial charge in [0.15, 0.2) is 11.6 Å². The predicted octanol–water partition coefficient (Wildman–Crippen LogP) is 6.18. The van der Waals surface area contributed by atoms with E-state index < -0.39 is 22.4 Å². The maximum absolute atomic E-state index is 14.0. The smallest absolute Gasteiger partial charge is 0.179 e. The van der Waals surface area contributed by atoms with E-state index in [1.165, 1.54) is 12.1 Å². The second-order valence-corrected chi connectivity index (χ2v) is 8.89. The van der Waals surface area contributed by atoms with Crippen molar-refractivity contribution >= 4 is 28.7 Å². The molecule has 0 bridgehead atoms. The van der Waals surface area contributed by atoms with Crippen molar-refractivity contribution in [2.75, 3.05) is 0 Å². The lowest BCUT2D eigenvalue weighted by atomic mass is 9.62. The van der Waals surface area contributed by atoms with Gasteiger partial charge in [-0.15, -0.1) is 0 Å². The van der Waals surface area contributed by atoms with Crippen LogP contribution in [0, 0.1) is 16.6 Å². The minimum atomic E-state index is -1.25. The minimum Gasteiger partial charge on any atom is -0.510 e. The zero-order valence-corrected chi connectivity index (χ0v) is 17.9. The van der Waals surface area contributed by atoms with Crippen LogP contribution >= 0.6 is 11.6 Å². The van der Waals surface area contributed by atoms with E-state index in [4.69, 9.17) is 11.6 Å². The number of Topliss-reactive ketones (excluding diaryl/α,β-unsaturated/α-hetero) is 2. The van der Waals surface area contributed by atoms with Crippen molar-refractivity contribution in [3.05, 3.63) is 64.1 Å². The highest BCUT2D eigenvalue weighted by molar-refractivity contribution is 6.34. The molecular formula is C24H24ClFO3. The van der Waals surface area contributed by atoms with Crippen LogP contribution < -0.4 is 0 Å². The van der Waals surface area contributed by atoms with E-state index in [9.17, 15) is 19.1 Å². The summed E-state index contributed by atoms with van der Waals surface area (Å²) in [5, 5.41) is 11.0. The Labute approximate surface area is 175 Å². The van der Waals surface area contributed by atoms with Crippen molar-refractivity contribution < 1.29 is 19.1 Å². The number of allylic oxidation sites excluding steroid dienone is 2. The van der Waals surface area contributed by atoms with E-state index in [1.807, 2.05) is 19.1 Å². The molecule has 0 saturated carbocycles. The maximum Gasteiger partial charge on any atom is 0.179 e. The van der Waals surface area contributed by atoms with Crippen LogP contribution in [0.15, 0.2) is 42.2 Å². The quantitative estimate of drug-likeness (QED) is 0.610. The molecule has 1 N–H and O–H groups in total. The van der Waals surface area contributed by atoms with Crippen LogP contribution in [0.4, 0.5) is 4.39 Å². The fourth-order valence-electron chi connectivity index (χ4n) is 3.95. The molecule has 0 spiro atoms. The summed E-state index contributed by atoms with van der Waals surface area (Å²) in [7, 11) is 0. The molecule has 3 nitrogen and oxygen atoms in total. The Hall–Kier alpha value is -2.46. The van der Waals surface area contributed by atoms with Crippen LogP contribution in [0.2, 0.25) is 5.02 Å². The highest BCUT2D eigenvalue weighted by atomic mass is 35.5. The Morgan fingerprint density at radius 2 is 1.55 bits per heavy atom. The van der Waals surface area contributed by atoms with Crippen molar-refractivity contribution in [3.63, 3.8) is 0 Å². The topological polar surface area (TPSA) is 54.4 Å². The number of hydrogen-bond acceptors (Lipinski definition) is 3. The van der Waals surface area contributed by atoms with E-state index in [-0.39, 0.29) is 22.1 Å². The fraction of sp³-hybridized carbons (Fsp3) is 0.333. The third kappa shape index (κ3) is 3.29. The molecule has 2 aromatic carbocycles. The minimum absolute atomic E-state index is 0.0315. The molecule has 0 fully saturated rings. The molecule has 1 aliphatic carbocycles. The van der Waals surface area contributed by atoms with Gasteiger partial charge in [-0.2, -0.15) is 0 Å². The molecule has 0 unspecified atom stereocenters. The van der Waals surface area contributed by atoms with Gasteiger partial charge in [0, 0.05) is 0 Å². The molecule has 1 aliphatic rings. The molecule has 5 heteroatoms. The molecular weight excluding hydrogens is 391 g/mol. The Morgan fingerprint density at radius 1 is 0.966 bits per heavy atom. The number of ketones is 2. The number of hydrogen-bond donors (Lipinski definition) is 1. The normalized spacial score (nSPS) is 18.3. The molecule has 0 amide bonds. The van der Waals surface area contributed by atoms with Gasteiger partial charge in [-0.1, -0.05) is 36.7 Å². The predicted molar refractivity (Wildman–Crippen MR) is 113 cm³/mol. The average molecular weight is 415 g/mol. The summed E-state index contributed by atoms with van der Waals surface area (Å²) >= 11 is 5.79. The van der Waals surface area contributed by atoms with Gasteiger partial charge in [-0.3, -0.25) is 9.59 Å². The van der Waals surface area contributed by atoms with Gasteiger partial charge in [0.05, 0.1) is 21.4 Å². The zero-order chi connectivity index (χ0) is 21.7. The monoisotopic (exact) mass is 414 g/mol. The summed E-state index contributed by atoms with van der Waals surface area (Å²) < 4.78 is 14.0. The number of aliphatic hydroxyl groups is 1. The largest absolute Gasteiger partial charge is 0.510 e. The lowest BCUT2D eigenvalue weighted by molar-refractivity contribution is -0.143. The number of carbonyl (C=O) groups is 2. The van der Waals surface area contributed by atoms with Crippen LogP contribution in [0.3, 0.4) is 0 Å². The average Bonchev–Trinajstić information content (AvgIpc) is 2.68. The van der Waals surface area contributed by atoms with E-state index in [0.29, 0.717) is 23.1 Å². The van der Waals surface area contributed by atoms with Crippen molar-refractivity contribution in [1.82, 2.24) is 0 Å². The zero-order valence-electron chi connectivity index (χ0n) is 17.2. The van der Waals surface area contributed by atoms with Crippen LogP contribution in [0.5, 0.6) is 0 Å². The second-order valence-electron chi connectivity index (χ2n) is 8.49. The molecule has 2 aromatic rings. The molecule has 0 radical (unpaired) electrons. The third-order valence-electron chi connectivity index (χ3n) is 5.77. The molecule has 0 heterocycles. The standard InChI is InChI=1S/C24H24ClFO3/c1-6-13-7-8-14(15-9-10-17(25)18(26)12-15)11-16(13)19-20(27)23(2,3)22(29)24(4,5)21(19)28/h7-12,27H,6H2,1-5H3. The molecule has 0 aromatic heterocycles. The van der Waals surface area contributed by atoms with Crippen molar-refractivity contribution in [1.29, 1.82) is 0 Å². The molecule has 152 valence electrons. The Bertz CT molecular complexity index is 1060. The van der Waals surface area contributed by atoms with Gasteiger partial charge in [-0.05, 0) is 74.6 Å². The SMILES string of the molecule is CCc1ccc(-c2ccc(Cl)c(F)c2)cc1C1=C(O)C(C)(C)C(=O)C(C)(C)C1=O. The van der Waals surface area contributed by atoms with Crippen LogP contribution in [0.25, 0.3) is 16.7 Å². The van der Waals surface area contributed by atoms with E-state index >= 15 is 0 Å². The van der Waals surface area contributed by atoms with Crippen molar-refractivity contribution in [3.8, 4) is 11.1 Å². The van der Waals surface area contributed by atoms with Crippen LogP contribution in [-0.4, -0.2) is 16.7 Å². The van der Waals surface area contributed by atoms with Crippen LogP contribution in [0.1, 0.15) is 45.7 Å². The Morgan fingerprint density at radius 3 is 2.14 bits per heavy atom. The van der Waals surface area contributed by atoms with Gasteiger partial charge in [-0.25, -0.2) is 4.39 Å². The van der Waals surface area contributed by atoms with Gasteiger partial charge >= 0.3 is 0 Å². The van der Waals surface area contributed by atoms with Gasteiger partial charge < -0.3 is 5.11 Å². The highest BCUT2D eigenvalue weighted by Crippen LogP contribution is 2.47. The van der Waals surface area contributed by atoms with Crippen molar-refractivity contribution in [2.24, 2.45) is 10.8 Å². The van der Waals surface area contributed by atoms with Crippen LogP contribution in [-0.2, 0) is 16.0 Å². The summed E-state index contributed by atoms with van der Waals surface area (Å²) in [5.74, 6) is -1.48. The fourth-order valence-corrected chi connectivity index (χ4v) is 4.06. The lowest BCUT2D eigenvalue weighted by Crippen LogP contribution is -2.48. The summed E-state index contributed by atoms with van der Waals surface area (Å²) in [6, 6.07) is 9.99. The Balaban J connectivity index is 2.29. The highest BCUT2D eigenvalue weighted by Gasteiger charge is 2.53. The lowest BCUT2D eigenvalue weighted by Gasteiger charge is -2.38. The first kappa shape index (κ1) is 21.3. The van der Waals surface area contributed by atoms with E-state index in [1.54, 1.807) is 39.8 Å². The summed E-state index contributed by atoms with van der Waals surface area (Å²) in [4.78, 5) is 26.1. The summed E-state index contributed by atoms with van der Waals surface area (Å²) in [6.07, 6.45) is 0.628. The summed E-state index contributed by atoms with van der Waals surface area (Å²) in [6.45, 7) is 8.39. The Kier molecular flexibility index (Phi) is 5.20. The van der Waals surface area contributed by atoms with Gasteiger partial charge in [0.1, 0.15) is 11.6 Å². The molecule has 0 atom stereocenters. The molecule has 0 saturated heterocycles. The molecule has 3 rings (SSSR count). The first-order valence-electron chi connectivity index (χ1n) is 9.55. The second kappa shape index (κ2) is 7.10. The summed E-state index contributed by atoms with van der Waals surface area (Å²) in [5.41, 5.74) is 0.448. The van der Waals surface area contributed by atoms with E-state index in [2.05, 4.69) is 0 Å². The molecule has 0 aliphatic heterocycles. The van der Waals surface area contributed by atoms with Gasteiger partial charge in [0.2, 0.25) is 0 Å². The number of halogens is 2. The third-order valence-corrected chi connectivity index (χ3v) is 6.08. The first-order chi connectivity index (χ1) is 13.4. The number of aliphatic hydroxyl groups excluding tert-OH is 1. The molecule has 29 heavy (non-hydrogen) atoms. The van der Waals surface area contributed by atoms with Gasteiger partial charge in [0.25, 0.3) is 0 Å².